The molecule has 0 bridgehead atoms. The molecule has 0 radical (unpaired) electrons. The van der Waals surface area contributed by atoms with E-state index in [1.165, 1.54) is 5.56 Å². The number of carboxylic acid groups (broad SMARTS) is 1. The topological polar surface area (TPSA) is 58.6 Å². The number of benzene rings is 1. The van der Waals surface area contributed by atoms with Gasteiger partial charge < -0.3 is 15.2 Å². The Morgan fingerprint density at radius 2 is 1.90 bits per heavy atom. The molecule has 20 heavy (non-hydrogen) atoms. The normalized spacial score (nSPS) is 11.3. The molecule has 1 aromatic rings. The number of aryl methyl sites for hydroxylation is 1. The quantitative estimate of drug-likeness (QED) is 0.682. The van der Waals surface area contributed by atoms with E-state index in [4.69, 9.17) is 9.84 Å². The largest absolute Gasteiger partial charge is 0.478 e. The fraction of sp³-hybridized carbons (Fsp3) is 0.562. The van der Waals surface area contributed by atoms with E-state index in [0.29, 0.717) is 5.75 Å². The summed E-state index contributed by atoms with van der Waals surface area (Å²) in [5.74, 6) is -0.381. The minimum Gasteiger partial charge on any atom is -0.478 e. The first-order valence-corrected chi connectivity index (χ1v) is 7.18. The number of rotatable bonds is 9. The van der Waals surface area contributed by atoms with Crippen LogP contribution in [-0.2, 0) is 11.2 Å². The second-order valence-electron chi connectivity index (χ2n) is 5.42. The van der Waals surface area contributed by atoms with Gasteiger partial charge in [-0.2, -0.15) is 0 Å². The summed E-state index contributed by atoms with van der Waals surface area (Å²) in [5, 5.41) is 12.4. The Bertz CT molecular complexity index is 412. The lowest BCUT2D eigenvalue weighted by molar-refractivity contribution is -0.152. The van der Waals surface area contributed by atoms with Crippen LogP contribution in [0.5, 0.6) is 5.75 Å². The van der Waals surface area contributed by atoms with E-state index in [9.17, 15) is 4.79 Å². The third-order valence-electron chi connectivity index (χ3n) is 3.06. The smallest absolute Gasteiger partial charge is 0.347 e. The molecule has 0 aliphatic heterocycles. The molecule has 0 saturated heterocycles. The van der Waals surface area contributed by atoms with Crippen molar-refractivity contribution >= 4 is 5.97 Å². The van der Waals surface area contributed by atoms with Crippen molar-refractivity contribution in [3.05, 3.63) is 29.8 Å². The van der Waals surface area contributed by atoms with Crippen LogP contribution in [0, 0.1) is 0 Å². The van der Waals surface area contributed by atoms with Gasteiger partial charge in [0.25, 0.3) is 0 Å². The van der Waals surface area contributed by atoms with Crippen LogP contribution in [0.25, 0.3) is 0 Å². The SMILES string of the molecule is CCCNCCCc1ccc(OC(C)(C)C(=O)O)cc1. The molecule has 4 nitrogen and oxygen atoms in total. The van der Waals surface area contributed by atoms with Crippen LogP contribution in [0.4, 0.5) is 0 Å². The predicted octanol–water partition coefficient (Wildman–Crippen LogP) is 2.86. The Morgan fingerprint density at radius 3 is 2.45 bits per heavy atom. The van der Waals surface area contributed by atoms with Gasteiger partial charge in [-0.05, 0) is 63.9 Å². The highest BCUT2D eigenvalue weighted by Gasteiger charge is 2.29. The first kappa shape index (κ1) is 16.5. The number of nitrogens with one attached hydrogen (secondary N) is 1. The third kappa shape index (κ3) is 5.61. The Morgan fingerprint density at radius 1 is 1.25 bits per heavy atom. The van der Waals surface area contributed by atoms with E-state index in [1.807, 2.05) is 24.3 Å². The van der Waals surface area contributed by atoms with Crippen LogP contribution in [0.1, 0.15) is 39.2 Å². The van der Waals surface area contributed by atoms with Gasteiger partial charge in [0.1, 0.15) is 5.75 Å². The van der Waals surface area contributed by atoms with Crippen molar-refractivity contribution in [3.8, 4) is 5.75 Å². The summed E-state index contributed by atoms with van der Waals surface area (Å²) in [7, 11) is 0. The van der Waals surface area contributed by atoms with Crippen molar-refractivity contribution in [2.75, 3.05) is 13.1 Å². The van der Waals surface area contributed by atoms with Gasteiger partial charge in [-0.15, -0.1) is 0 Å². The van der Waals surface area contributed by atoms with E-state index in [-0.39, 0.29) is 0 Å². The van der Waals surface area contributed by atoms with Gasteiger partial charge in [-0.1, -0.05) is 19.1 Å². The Hall–Kier alpha value is -1.55. The lowest BCUT2D eigenvalue weighted by atomic mass is 10.1. The fourth-order valence-corrected chi connectivity index (χ4v) is 1.78. The Kier molecular flexibility index (Phi) is 6.52. The molecular weight excluding hydrogens is 254 g/mol. The maximum atomic E-state index is 11.0. The highest BCUT2D eigenvalue weighted by atomic mass is 16.5. The molecule has 0 amide bonds. The van der Waals surface area contributed by atoms with E-state index in [2.05, 4.69) is 12.2 Å². The van der Waals surface area contributed by atoms with Crippen LogP contribution < -0.4 is 10.1 Å². The number of carbonyl (C=O) groups is 1. The summed E-state index contributed by atoms with van der Waals surface area (Å²) >= 11 is 0. The van der Waals surface area contributed by atoms with Crippen LogP contribution in [0.15, 0.2) is 24.3 Å². The zero-order valence-electron chi connectivity index (χ0n) is 12.6. The average Bonchev–Trinajstić information content (AvgIpc) is 2.40. The molecule has 1 rings (SSSR count). The second-order valence-corrected chi connectivity index (χ2v) is 5.42. The maximum Gasteiger partial charge on any atom is 0.347 e. The highest BCUT2D eigenvalue weighted by Crippen LogP contribution is 2.19. The van der Waals surface area contributed by atoms with Gasteiger partial charge in [-0.25, -0.2) is 4.79 Å². The van der Waals surface area contributed by atoms with E-state index in [1.54, 1.807) is 13.8 Å². The molecule has 0 unspecified atom stereocenters. The van der Waals surface area contributed by atoms with Gasteiger partial charge in [0, 0.05) is 0 Å². The summed E-state index contributed by atoms with van der Waals surface area (Å²) in [6.45, 7) is 7.34. The van der Waals surface area contributed by atoms with Crippen LogP contribution >= 0.6 is 0 Å². The summed E-state index contributed by atoms with van der Waals surface area (Å²) in [6, 6.07) is 7.65. The standard InChI is InChI=1S/C16H25NO3/c1-4-11-17-12-5-6-13-7-9-14(10-8-13)20-16(2,3)15(18)19/h7-10,17H,4-6,11-12H2,1-3H3,(H,18,19). The lowest BCUT2D eigenvalue weighted by Crippen LogP contribution is -2.37. The average molecular weight is 279 g/mol. The van der Waals surface area contributed by atoms with Crippen molar-refractivity contribution < 1.29 is 14.6 Å². The van der Waals surface area contributed by atoms with Crippen molar-refractivity contribution in [2.24, 2.45) is 0 Å². The van der Waals surface area contributed by atoms with Crippen molar-refractivity contribution in [1.82, 2.24) is 5.32 Å². The Balaban J connectivity index is 2.42. The summed E-state index contributed by atoms with van der Waals surface area (Å²) in [6.07, 6.45) is 3.27. The molecule has 0 aliphatic rings. The number of aliphatic carboxylic acids is 1. The van der Waals surface area contributed by atoms with Crippen molar-refractivity contribution in [1.29, 1.82) is 0 Å². The zero-order chi connectivity index (χ0) is 15.0. The van der Waals surface area contributed by atoms with Gasteiger partial charge in [0.15, 0.2) is 5.60 Å². The monoisotopic (exact) mass is 279 g/mol. The number of hydrogen-bond acceptors (Lipinski definition) is 3. The molecule has 0 heterocycles. The van der Waals surface area contributed by atoms with E-state index >= 15 is 0 Å². The van der Waals surface area contributed by atoms with Gasteiger partial charge in [-0.3, -0.25) is 0 Å². The lowest BCUT2D eigenvalue weighted by Gasteiger charge is -2.21. The minimum atomic E-state index is -1.20. The Labute approximate surface area is 121 Å². The zero-order valence-corrected chi connectivity index (χ0v) is 12.6. The summed E-state index contributed by atoms with van der Waals surface area (Å²) in [4.78, 5) is 11.0. The van der Waals surface area contributed by atoms with Crippen LogP contribution in [0.3, 0.4) is 0 Å². The number of ether oxygens (including phenoxy) is 1. The maximum absolute atomic E-state index is 11.0. The summed E-state index contributed by atoms with van der Waals surface area (Å²) in [5.41, 5.74) is 0.0368. The molecule has 0 aliphatic carbocycles. The van der Waals surface area contributed by atoms with Crippen LogP contribution in [-0.4, -0.2) is 29.8 Å². The number of hydrogen-bond donors (Lipinski definition) is 2. The predicted molar refractivity (Wildman–Crippen MR) is 80.3 cm³/mol. The van der Waals surface area contributed by atoms with Crippen LogP contribution in [0.2, 0.25) is 0 Å². The molecule has 4 heteroatoms. The van der Waals surface area contributed by atoms with E-state index in [0.717, 1.165) is 32.4 Å². The molecule has 0 aromatic heterocycles. The first-order valence-electron chi connectivity index (χ1n) is 7.18. The van der Waals surface area contributed by atoms with E-state index < -0.39 is 11.6 Å². The fourth-order valence-electron chi connectivity index (χ4n) is 1.78. The van der Waals surface area contributed by atoms with Crippen molar-refractivity contribution in [3.63, 3.8) is 0 Å². The molecular formula is C16H25NO3. The van der Waals surface area contributed by atoms with Crippen molar-refractivity contribution in [2.45, 2.75) is 45.6 Å². The molecule has 2 N–H and O–H groups in total. The molecule has 0 saturated carbocycles. The second kappa shape index (κ2) is 7.90. The molecule has 1 aromatic carbocycles. The van der Waals surface area contributed by atoms with Gasteiger partial charge in [0.2, 0.25) is 0 Å². The molecule has 0 spiro atoms. The van der Waals surface area contributed by atoms with Gasteiger partial charge in [0.05, 0.1) is 0 Å². The first-order chi connectivity index (χ1) is 9.45. The summed E-state index contributed by atoms with van der Waals surface area (Å²) < 4.78 is 5.46. The molecule has 0 fully saturated rings. The molecule has 112 valence electrons. The molecule has 0 atom stereocenters. The third-order valence-corrected chi connectivity index (χ3v) is 3.06. The van der Waals surface area contributed by atoms with Gasteiger partial charge >= 0.3 is 5.97 Å². The minimum absolute atomic E-state index is 0.588. The highest BCUT2D eigenvalue weighted by molar-refractivity contribution is 5.76. The number of carboxylic acids is 1.